The average Bonchev–Trinajstić information content (AvgIpc) is 2.58. The van der Waals surface area contributed by atoms with E-state index >= 15 is 0 Å². The normalized spacial score (nSPS) is 10.4. The molecule has 0 aliphatic rings. The fourth-order valence-corrected chi connectivity index (χ4v) is 2.27. The van der Waals surface area contributed by atoms with Crippen molar-refractivity contribution in [2.45, 2.75) is 6.54 Å². The standard InChI is InChI=1S/C18H15N3O2/c19-18(23)15-8-6-13(7-9-15)12-21-17(22)11-10-16(20-21)14-4-2-1-3-5-14/h1-11H,12H2,(H2,19,23). The van der Waals surface area contributed by atoms with Crippen molar-refractivity contribution in [2.24, 2.45) is 5.73 Å². The number of benzene rings is 2. The summed E-state index contributed by atoms with van der Waals surface area (Å²) in [4.78, 5) is 23.1. The van der Waals surface area contributed by atoms with Gasteiger partial charge in [-0.25, -0.2) is 4.68 Å². The van der Waals surface area contributed by atoms with Crippen molar-refractivity contribution < 1.29 is 4.79 Å². The summed E-state index contributed by atoms with van der Waals surface area (Å²) < 4.78 is 1.40. The molecule has 0 atom stereocenters. The first-order valence-electron chi connectivity index (χ1n) is 7.16. The fraction of sp³-hybridized carbons (Fsp3) is 0.0556. The van der Waals surface area contributed by atoms with E-state index in [2.05, 4.69) is 5.10 Å². The number of carbonyl (C=O) groups is 1. The highest BCUT2D eigenvalue weighted by molar-refractivity contribution is 5.92. The van der Waals surface area contributed by atoms with Crippen LogP contribution in [0.3, 0.4) is 0 Å². The van der Waals surface area contributed by atoms with Crippen LogP contribution in [0.1, 0.15) is 15.9 Å². The van der Waals surface area contributed by atoms with Crippen molar-refractivity contribution >= 4 is 5.91 Å². The lowest BCUT2D eigenvalue weighted by molar-refractivity contribution is 0.100. The Morgan fingerprint density at radius 2 is 1.65 bits per heavy atom. The lowest BCUT2D eigenvalue weighted by Gasteiger charge is -2.08. The van der Waals surface area contributed by atoms with Crippen LogP contribution in [-0.2, 0) is 6.54 Å². The Hall–Kier alpha value is -3.21. The molecular formula is C18H15N3O2. The predicted molar refractivity (Wildman–Crippen MR) is 88.0 cm³/mol. The summed E-state index contributed by atoms with van der Waals surface area (Å²) in [5, 5.41) is 4.41. The molecule has 2 N–H and O–H groups in total. The smallest absolute Gasteiger partial charge is 0.267 e. The van der Waals surface area contributed by atoms with E-state index in [1.807, 2.05) is 30.3 Å². The number of hydrogen-bond donors (Lipinski definition) is 1. The molecule has 0 fully saturated rings. The highest BCUT2D eigenvalue weighted by Crippen LogP contribution is 2.14. The summed E-state index contributed by atoms with van der Waals surface area (Å²) in [6.45, 7) is 0.332. The first-order chi connectivity index (χ1) is 11.1. The maximum absolute atomic E-state index is 12.0. The number of carbonyl (C=O) groups excluding carboxylic acids is 1. The average molecular weight is 305 g/mol. The lowest BCUT2D eigenvalue weighted by atomic mass is 10.1. The van der Waals surface area contributed by atoms with E-state index in [1.54, 1.807) is 30.3 Å². The van der Waals surface area contributed by atoms with Crippen LogP contribution in [0, 0.1) is 0 Å². The second-order valence-corrected chi connectivity index (χ2v) is 5.14. The zero-order valence-corrected chi connectivity index (χ0v) is 12.3. The first-order valence-corrected chi connectivity index (χ1v) is 7.16. The number of nitrogens with two attached hydrogens (primary N) is 1. The molecule has 0 saturated heterocycles. The van der Waals surface area contributed by atoms with Gasteiger partial charge in [0.2, 0.25) is 5.91 Å². The minimum absolute atomic E-state index is 0.177. The third kappa shape index (κ3) is 3.35. The minimum atomic E-state index is -0.474. The van der Waals surface area contributed by atoms with E-state index < -0.39 is 5.91 Å². The quantitative estimate of drug-likeness (QED) is 0.801. The molecule has 5 heteroatoms. The summed E-state index contributed by atoms with van der Waals surface area (Å²) in [6.07, 6.45) is 0. The monoisotopic (exact) mass is 305 g/mol. The Balaban J connectivity index is 1.90. The van der Waals surface area contributed by atoms with Crippen LogP contribution < -0.4 is 11.3 Å². The molecule has 5 nitrogen and oxygen atoms in total. The SMILES string of the molecule is NC(=O)c1ccc(Cn2nc(-c3ccccc3)ccc2=O)cc1. The van der Waals surface area contributed by atoms with Crippen molar-refractivity contribution in [1.29, 1.82) is 0 Å². The van der Waals surface area contributed by atoms with E-state index in [1.165, 1.54) is 10.7 Å². The molecule has 2 aromatic carbocycles. The van der Waals surface area contributed by atoms with Gasteiger partial charge in [0.1, 0.15) is 0 Å². The summed E-state index contributed by atoms with van der Waals surface area (Å²) in [7, 11) is 0. The summed E-state index contributed by atoms with van der Waals surface area (Å²) in [5.41, 5.74) is 8.03. The van der Waals surface area contributed by atoms with E-state index in [0.29, 0.717) is 12.1 Å². The number of aromatic nitrogens is 2. The third-order valence-corrected chi connectivity index (χ3v) is 3.51. The topological polar surface area (TPSA) is 78.0 Å². The second-order valence-electron chi connectivity index (χ2n) is 5.14. The number of amides is 1. The molecule has 0 spiro atoms. The molecule has 3 rings (SSSR count). The second kappa shape index (κ2) is 6.27. The molecule has 23 heavy (non-hydrogen) atoms. The molecule has 114 valence electrons. The highest BCUT2D eigenvalue weighted by atomic mass is 16.1. The van der Waals surface area contributed by atoms with Gasteiger partial charge in [-0.15, -0.1) is 0 Å². The summed E-state index contributed by atoms with van der Waals surface area (Å²) in [6, 6.07) is 19.7. The van der Waals surface area contributed by atoms with Gasteiger partial charge in [0.05, 0.1) is 12.2 Å². The molecule has 1 amide bonds. The molecule has 0 bridgehead atoms. The molecule has 0 aliphatic carbocycles. The zero-order chi connectivity index (χ0) is 16.2. The van der Waals surface area contributed by atoms with Gasteiger partial charge in [0.15, 0.2) is 0 Å². The Morgan fingerprint density at radius 3 is 2.30 bits per heavy atom. The van der Waals surface area contributed by atoms with Crippen molar-refractivity contribution in [1.82, 2.24) is 9.78 Å². The number of nitrogens with zero attached hydrogens (tertiary/aromatic N) is 2. The predicted octanol–water partition coefficient (Wildman–Crippen LogP) is 2.06. The molecular weight excluding hydrogens is 290 g/mol. The van der Waals surface area contributed by atoms with Gasteiger partial charge < -0.3 is 5.73 Å². The third-order valence-electron chi connectivity index (χ3n) is 3.51. The highest BCUT2D eigenvalue weighted by Gasteiger charge is 2.05. The minimum Gasteiger partial charge on any atom is -0.366 e. The lowest BCUT2D eigenvalue weighted by Crippen LogP contribution is -2.22. The maximum Gasteiger partial charge on any atom is 0.267 e. The Morgan fingerprint density at radius 1 is 0.957 bits per heavy atom. The summed E-state index contributed by atoms with van der Waals surface area (Å²) >= 11 is 0. The van der Waals surface area contributed by atoms with Crippen LogP contribution in [0.15, 0.2) is 71.5 Å². The Labute approximate surface area is 133 Å². The van der Waals surface area contributed by atoms with Crippen molar-refractivity contribution in [3.8, 4) is 11.3 Å². The van der Waals surface area contributed by atoms with Crippen LogP contribution in [0.5, 0.6) is 0 Å². The van der Waals surface area contributed by atoms with E-state index in [0.717, 1.165) is 16.8 Å². The van der Waals surface area contributed by atoms with Crippen molar-refractivity contribution in [2.75, 3.05) is 0 Å². The van der Waals surface area contributed by atoms with Crippen molar-refractivity contribution in [3.05, 3.63) is 88.2 Å². The largest absolute Gasteiger partial charge is 0.366 e. The molecule has 3 aromatic rings. The van der Waals surface area contributed by atoms with Crippen LogP contribution in [-0.4, -0.2) is 15.7 Å². The number of rotatable bonds is 4. The van der Waals surface area contributed by atoms with Gasteiger partial charge in [0.25, 0.3) is 5.56 Å². The molecule has 0 aliphatic heterocycles. The maximum atomic E-state index is 12.0. The molecule has 0 unspecified atom stereocenters. The van der Waals surface area contributed by atoms with Gasteiger partial charge in [0, 0.05) is 17.2 Å². The summed E-state index contributed by atoms with van der Waals surface area (Å²) in [5.74, 6) is -0.474. The van der Waals surface area contributed by atoms with Gasteiger partial charge >= 0.3 is 0 Å². The zero-order valence-electron chi connectivity index (χ0n) is 12.3. The van der Waals surface area contributed by atoms with E-state index in [-0.39, 0.29) is 5.56 Å². The van der Waals surface area contributed by atoms with Gasteiger partial charge in [-0.3, -0.25) is 9.59 Å². The van der Waals surface area contributed by atoms with Crippen molar-refractivity contribution in [3.63, 3.8) is 0 Å². The number of hydrogen-bond acceptors (Lipinski definition) is 3. The van der Waals surface area contributed by atoms with E-state index in [9.17, 15) is 9.59 Å². The van der Waals surface area contributed by atoms with E-state index in [4.69, 9.17) is 5.73 Å². The van der Waals surface area contributed by atoms with Gasteiger partial charge in [-0.2, -0.15) is 5.10 Å². The van der Waals surface area contributed by atoms with Crippen LogP contribution in [0.2, 0.25) is 0 Å². The Kier molecular flexibility index (Phi) is 4.01. The van der Waals surface area contributed by atoms with Crippen LogP contribution in [0.4, 0.5) is 0 Å². The molecule has 0 radical (unpaired) electrons. The molecule has 0 saturated carbocycles. The number of primary amides is 1. The van der Waals surface area contributed by atoms with Crippen LogP contribution in [0.25, 0.3) is 11.3 Å². The van der Waals surface area contributed by atoms with Crippen LogP contribution >= 0.6 is 0 Å². The first kappa shape index (κ1) is 14.7. The Bertz CT molecular complexity index is 884. The van der Waals surface area contributed by atoms with Gasteiger partial charge in [-0.1, -0.05) is 42.5 Å². The molecule has 1 aromatic heterocycles. The van der Waals surface area contributed by atoms with Gasteiger partial charge in [-0.05, 0) is 23.8 Å². The molecule has 1 heterocycles. The fourth-order valence-electron chi connectivity index (χ4n) is 2.27.